The molecule has 0 spiro atoms. The normalized spacial score (nSPS) is 15.1. The van der Waals surface area contributed by atoms with Crippen molar-refractivity contribution in [3.05, 3.63) is 23.8 Å². The van der Waals surface area contributed by atoms with Gasteiger partial charge in [-0.3, -0.25) is 4.79 Å². The number of hydrogen-bond acceptors (Lipinski definition) is 4. The minimum absolute atomic E-state index is 0.0380. The van der Waals surface area contributed by atoms with E-state index in [2.05, 4.69) is 0 Å². The van der Waals surface area contributed by atoms with Crippen LogP contribution in [0.4, 0.5) is 5.69 Å². The number of nitrogens with two attached hydrogens (primary N) is 1. The molecule has 1 amide bonds. The van der Waals surface area contributed by atoms with Crippen LogP contribution in [0.5, 0.6) is 0 Å². The third-order valence-electron chi connectivity index (χ3n) is 3.71. The number of anilines is 1. The molecule has 0 saturated heterocycles. The molecule has 1 heterocycles. The Kier molecular flexibility index (Phi) is 4.10. The number of carbonyl (C=O) groups is 1. The summed E-state index contributed by atoms with van der Waals surface area (Å²) in [4.78, 5) is 14.1. The molecule has 0 aromatic heterocycles. The molecule has 6 nitrogen and oxygen atoms in total. The van der Waals surface area contributed by atoms with Crippen molar-refractivity contribution in [1.82, 2.24) is 0 Å². The highest BCUT2D eigenvalue weighted by Gasteiger charge is 2.30. The molecular formula is C14H20N2O4S. The molecule has 0 atom stereocenters. The first kappa shape index (κ1) is 15.9. The van der Waals surface area contributed by atoms with E-state index in [1.165, 1.54) is 6.07 Å². The zero-order valence-electron chi connectivity index (χ0n) is 12.4. The third kappa shape index (κ3) is 3.42. The first-order chi connectivity index (χ1) is 9.64. The number of carbonyl (C=O) groups excluding carboxylic acids is 1. The highest BCUT2D eigenvalue weighted by atomic mass is 32.2. The van der Waals surface area contributed by atoms with Crippen LogP contribution in [0.3, 0.4) is 0 Å². The number of rotatable bonds is 4. The highest BCUT2D eigenvalue weighted by Crippen LogP contribution is 2.31. The zero-order valence-corrected chi connectivity index (χ0v) is 13.2. The Morgan fingerprint density at radius 1 is 1.43 bits per heavy atom. The molecule has 2 rings (SSSR count). The Bertz CT molecular complexity index is 668. The lowest BCUT2D eigenvalue weighted by Crippen LogP contribution is -2.36. The lowest BCUT2D eigenvalue weighted by molar-refractivity contribution is -0.123. The Morgan fingerprint density at radius 3 is 2.67 bits per heavy atom. The van der Waals surface area contributed by atoms with E-state index in [1.807, 2.05) is 13.8 Å². The van der Waals surface area contributed by atoms with Crippen molar-refractivity contribution in [2.45, 2.75) is 37.2 Å². The van der Waals surface area contributed by atoms with Crippen LogP contribution in [0, 0.1) is 0 Å². The Balaban J connectivity index is 2.25. The topological polar surface area (TPSA) is 89.7 Å². The van der Waals surface area contributed by atoms with Gasteiger partial charge in [0.05, 0.1) is 16.9 Å². The number of benzene rings is 1. The van der Waals surface area contributed by atoms with E-state index in [9.17, 15) is 13.2 Å². The van der Waals surface area contributed by atoms with Crippen LogP contribution in [-0.4, -0.2) is 33.6 Å². The van der Waals surface area contributed by atoms with E-state index in [4.69, 9.17) is 9.88 Å². The minimum Gasteiger partial charge on any atom is -0.378 e. The first-order valence-electron chi connectivity index (χ1n) is 6.65. The average molecular weight is 312 g/mol. The molecule has 0 aliphatic carbocycles. The van der Waals surface area contributed by atoms with Crippen molar-refractivity contribution in [1.29, 1.82) is 0 Å². The van der Waals surface area contributed by atoms with Gasteiger partial charge in [0.25, 0.3) is 0 Å². The van der Waals surface area contributed by atoms with Crippen LogP contribution in [0.1, 0.15) is 25.8 Å². The van der Waals surface area contributed by atoms with E-state index >= 15 is 0 Å². The summed E-state index contributed by atoms with van der Waals surface area (Å²) in [7, 11) is -2.15. The molecule has 1 aromatic rings. The van der Waals surface area contributed by atoms with Crippen molar-refractivity contribution in [3.63, 3.8) is 0 Å². The van der Waals surface area contributed by atoms with Gasteiger partial charge in [-0.15, -0.1) is 0 Å². The Hall–Kier alpha value is -1.44. The summed E-state index contributed by atoms with van der Waals surface area (Å²) in [6, 6.07) is 4.61. The smallest absolute Gasteiger partial charge is 0.238 e. The monoisotopic (exact) mass is 312 g/mol. The molecule has 0 saturated carbocycles. The summed E-state index contributed by atoms with van der Waals surface area (Å²) in [5, 5.41) is 5.12. The second-order valence-electron chi connectivity index (χ2n) is 5.77. The summed E-state index contributed by atoms with van der Waals surface area (Å²) >= 11 is 0. The molecule has 1 aliphatic rings. The highest BCUT2D eigenvalue weighted by molar-refractivity contribution is 7.89. The Morgan fingerprint density at radius 2 is 2.10 bits per heavy atom. The maximum absolute atomic E-state index is 12.4. The molecule has 116 valence electrons. The maximum atomic E-state index is 12.4. The summed E-state index contributed by atoms with van der Waals surface area (Å²) in [5.74, 6) is -0.0380. The number of methoxy groups -OCH3 is 1. The molecule has 2 N–H and O–H groups in total. The number of sulfonamides is 1. The quantitative estimate of drug-likeness (QED) is 0.899. The molecule has 21 heavy (non-hydrogen) atoms. The molecule has 0 bridgehead atoms. The third-order valence-corrected chi connectivity index (χ3v) is 4.62. The summed E-state index contributed by atoms with van der Waals surface area (Å²) in [5.41, 5.74) is 1.05. The van der Waals surface area contributed by atoms with Crippen LogP contribution in [0.15, 0.2) is 23.1 Å². The predicted molar refractivity (Wildman–Crippen MR) is 79.6 cm³/mol. The van der Waals surface area contributed by atoms with Gasteiger partial charge >= 0.3 is 0 Å². The fourth-order valence-electron chi connectivity index (χ4n) is 2.35. The van der Waals surface area contributed by atoms with Gasteiger partial charge in [0, 0.05) is 19.3 Å². The number of hydrogen-bond donors (Lipinski definition) is 1. The van der Waals surface area contributed by atoms with Gasteiger partial charge in [0.2, 0.25) is 15.9 Å². The van der Waals surface area contributed by atoms with E-state index in [-0.39, 0.29) is 17.2 Å². The van der Waals surface area contributed by atoms with E-state index in [1.54, 1.807) is 24.1 Å². The first-order valence-corrected chi connectivity index (χ1v) is 8.20. The number of primary sulfonamides is 1. The molecule has 0 radical (unpaired) electrons. The van der Waals surface area contributed by atoms with Gasteiger partial charge in [0.15, 0.2) is 0 Å². The summed E-state index contributed by atoms with van der Waals surface area (Å²) < 4.78 is 28.0. The van der Waals surface area contributed by atoms with Crippen molar-refractivity contribution >= 4 is 21.6 Å². The second kappa shape index (κ2) is 5.40. The molecular weight excluding hydrogens is 292 g/mol. The van der Waals surface area contributed by atoms with Crippen molar-refractivity contribution < 1.29 is 17.9 Å². The number of nitrogens with zero attached hydrogens (tertiary/aromatic N) is 1. The fourth-order valence-corrected chi connectivity index (χ4v) is 2.91. The van der Waals surface area contributed by atoms with Gasteiger partial charge in [0.1, 0.15) is 0 Å². The zero-order chi connectivity index (χ0) is 15.8. The molecule has 0 fully saturated rings. The number of amides is 1. The van der Waals surface area contributed by atoms with Crippen molar-refractivity contribution in [2.24, 2.45) is 5.14 Å². The lowest BCUT2D eigenvalue weighted by atomic mass is 10.0. The van der Waals surface area contributed by atoms with E-state index in [0.29, 0.717) is 13.0 Å². The van der Waals surface area contributed by atoms with Gasteiger partial charge in [-0.25, -0.2) is 13.6 Å². The predicted octanol–water partition coefficient (Wildman–Crippen LogP) is 1.04. The van der Waals surface area contributed by atoms with E-state index in [0.717, 1.165) is 11.3 Å². The number of ether oxygens (including phenoxy) is 1. The van der Waals surface area contributed by atoms with E-state index < -0.39 is 15.6 Å². The summed E-state index contributed by atoms with van der Waals surface area (Å²) in [6.07, 6.45) is 0.887. The molecule has 0 unspecified atom stereocenters. The lowest BCUT2D eigenvalue weighted by Gasteiger charge is -2.26. The van der Waals surface area contributed by atoms with Gasteiger partial charge in [-0.1, -0.05) is 0 Å². The second-order valence-corrected chi connectivity index (χ2v) is 7.33. The van der Waals surface area contributed by atoms with Crippen LogP contribution < -0.4 is 10.0 Å². The van der Waals surface area contributed by atoms with Crippen molar-refractivity contribution in [3.8, 4) is 0 Å². The van der Waals surface area contributed by atoms with Crippen LogP contribution in [-0.2, 0) is 26.0 Å². The molecule has 7 heteroatoms. The standard InChI is InChI=1S/C14H20N2O4S/c1-14(2,20-3)9-13(17)16-7-6-10-8-11(21(15,18)19)4-5-12(10)16/h4-5,8H,6-7,9H2,1-3H3,(H2,15,18,19). The average Bonchev–Trinajstić information content (AvgIpc) is 2.80. The molecule has 1 aromatic carbocycles. The van der Waals surface area contributed by atoms with Crippen LogP contribution >= 0.6 is 0 Å². The van der Waals surface area contributed by atoms with Crippen LogP contribution in [0.2, 0.25) is 0 Å². The van der Waals surface area contributed by atoms with Gasteiger partial charge < -0.3 is 9.64 Å². The van der Waals surface area contributed by atoms with Gasteiger partial charge in [-0.2, -0.15) is 0 Å². The summed E-state index contributed by atoms with van der Waals surface area (Å²) in [6.45, 7) is 4.25. The SMILES string of the molecule is COC(C)(C)CC(=O)N1CCc2cc(S(N)(=O)=O)ccc21. The fraction of sp³-hybridized carbons (Fsp3) is 0.500. The Labute approximate surface area is 124 Å². The van der Waals surface area contributed by atoms with Gasteiger partial charge in [-0.05, 0) is 44.0 Å². The molecule has 1 aliphatic heterocycles. The number of fused-ring (bicyclic) bond motifs is 1. The van der Waals surface area contributed by atoms with Crippen molar-refractivity contribution in [2.75, 3.05) is 18.6 Å². The minimum atomic E-state index is -3.72. The largest absolute Gasteiger partial charge is 0.378 e. The van der Waals surface area contributed by atoms with Crippen LogP contribution in [0.25, 0.3) is 0 Å². The maximum Gasteiger partial charge on any atom is 0.238 e.